The lowest BCUT2D eigenvalue weighted by Gasteiger charge is -2.12. The Labute approximate surface area is 165 Å². The maximum atomic E-state index is 13.1. The molecular formula is C21H19FN4OS. The van der Waals surface area contributed by atoms with E-state index in [9.17, 15) is 9.18 Å². The second-order valence-electron chi connectivity index (χ2n) is 6.65. The predicted molar refractivity (Wildman–Crippen MR) is 108 cm³/mol. The maximum Gasteiger partial charge on any atom is 0.261 e. The van der Waals surface area contributed by atoms with Crippen LogP contribution in [0.3, 0.4) is 0 Å². The molecule has 5 nitrogen and oxygen atoms in total. The van der Waals surface area contributed by atoms with Crippen molar-refractivity contribution >= 4 is 27.5 Å². The number of carbonyl (C=O) groups is 1. The van der Waals surface area contributed by atoms with Gasteiger partial charge in [-0.2, -0.15) is 5.10 Å². The summed E-state index contributed by atoms with van der Waals surface area (Å²) >= 11 is 1.41. The molecule has 0 aliphatic rings. The molecule has 0 saturated carbocycles. The number of carbonyl (C=O) groups excluding carboxylic acids is 1. The van der Waals surface area contributed by atoms with Crippen LogP contribution in [0.25, 0.3) is 10.2 Å². The van der Waals surface area contributed by atoms with Gasteiger partial charge in [-0.05, 0) is 49.7 Å². The third kappa shape index (κ3) is 3.66. The molecule has 0 unspecified atom stereocenters. The first-order valence-electron chi connectivity index (χ1n) is 8.94. The van der Waals surface area contributed by atoms with Crippen molar-refractivity contribution in [3.05, 3.63) is 82.4 Å². The van der Waals surface area contributed by atoms with E-state index in [2.05, 4.69) is 15.4 Å². The summed E-state index contributed by atoms with van der Waals surface area (Å²) in [6.07, 6.45) is 1.71. The molecule has 1 amide bonds. The number of amides is 1. The molecule has 3 aromatic heterocycles. The Morgan fingerprint density at radius 2 is 2.04 bits per heavy atom. The fraction of sp³-hybridized carbons (Fsp3) is 0.190. The van der Waals surface area contributed by atoms with Crippen LogP contribution in [0.5, 0.6) is 0 Å². The molecule has 7 heteroatoms. The molecule has 0 bridgehead atoms. The van der Waals surface area contributed by atoms with Crippen molar-refractivity contribution in [2.75, 3.05) is 0 Å². The number of benzene rings is 1. The molecule has 1 atom stereocenters. The highest BCUT2D eigenvalue weighted by Crippen LogP contribution is 2.29. The molecule has 0 radical (unpaired) electrons. The van der Waals surface area contributed by atoms with Crippen LogP contribution >= 0.6 is 11.3 Å². The summed E-state index contributed by atoms with van der Waals surface area (Å²) in [7, 11) is 0. The molecule has 0 saturated heterocycles. The summed E-state index contributed by atoms with van der Waals surface area (Å²) in [5.41, 5.74) is 2.63. The van der Waals surface area contributed by atoms with E-state index in [1.807, 2.05) is 42.8 Å². The van der Waals surface area contributed by atoms with Crippen molar-refractivity contribution in [1.29, 1.82) is 0 Å². The van der Waals surface area contributed by atoms with E-state index in [1.165, 1.54) is 23.5 Å². The highest BCUT2D eigenvalue weighted by Gasteiger charge is 2.18. The van der Waals surface area contributed by atoms with Crippen LogP contribution < -0.4 is 5.32 Å². The van der Waals surface area contributed by atoms with Crippen LogP contribution in [-0.2, 0) is 6.54 Å². The Hall–Kier alpha value is -3.06. The van der Waals surface area contributed by atoms with Gasteiger partial charge in [-0.15, -0.1) is 11.3 Å². The Kier molecular flexibility index (Phi) is 4.92. The highest BCUT2D eigenvalue weighted by atomic mass is 32.1. The number of halogens is 1. The van der Waals surface area contributed by atoms with E-state index in [4.69, 9.17) is 0 Å². The number of nitrogens with zero attached hydrogens (tertiary/aromatic N) is 3. The number of thiophene rings is 1. The van der Waals surface area contributed by atoms with Gasteiger partial charge in [0.25, 0.3) is 5.91 Å². The normalized spacial score (nSPS) is 12.2. The topological polar surface area (TPSA) is 59.8 Å². The van der Waals surface area contributed by atoms with Gasteiger partial charge in [-0.1, -0.05) is 18.2 Å². The standard InChI is InChI=1S/C21H19FN4OS/c1-13-17-11-19(20(27)24-14(2)18-5-3-4-10-23-18)28-21(17)26(25-13)12-15-6-8-16(22)9-7-15/h3-11,14H,12H2,1-2H3,(H,24,27)/t14-/m0/s1. The Morgan fingerprint density at radius 1 is 1.25 bits per heavy atom. The van der Waals surface area contributed by atoms with Crippen LogP contribution in [0.2, 0.25) is 0 Å². The van der Waals surface area contributed by atoms with Gasteiger partial charge >= 0.3 is 0 Å². The number of aromatic nitrogens is 3. The van der Waals surface area contributed by atoms with E-state index < -0.39 is 0 Å². The van der Waals surface area contributed by atoms with Crippen molar-refractivity contribution in [1.82, 2.24) is 20.1 Å². The smallest absolute Gasteiger partial charge is 0.261 e. The fourth-order valence-corrected chi connectivity index (χ4v) is 4.13. The average molecular weight is 394 g/mol. The van der Waals surface area contributed by atoms with Crippen LogP contribution in [-0.4, -0.2) is 20.7 Å². The van der Waals surface area contributed by atoms with Gasteiger partial charge < -0.3 is 5.32 Å². The van der Waals surface area contributed by atoms with Gasteiger partial charge in [0.15, 0.2) is 0 Å². The molecule has 1 N–H and O–H groups in total. The summed E-state index contributed by atoms with van der Waals surface area (Å²) in [5, 5.41) is 8.52. The van der Waals surface area contributed by atoms with Crippen molar-refractivity contribution in [3.8, 4) is 0 Å². The molecule has 0 spiro atoms. The Bertz CT molecular complexity index is 1120. The van der Waals surface area contributed by atoms with E-state index in [-0.39, 0.29) is 17.8 Å². The second-order valence-corrected chi connectivity index (χ2v) is 7.68. The van der Waals surface area contributed by atoms with Gasteiger partial charge in [0.1, 0.15) is 10.6 Å². The van der Waals surface area contributed by atoms with Crippen LogP contribution in [0, 0.1) is 12.7 Å². The molecule has 142 valence electrons. The van der Waals surface area contributed by atoms with Gasteiger partial charge in [-0.3, -0.25) is 14.5 Å². The molecule has 28 heavy (non-hydrogen) atoms. The molecule has 0 aliphatic heterocycles. The van der Waals surface area contributed by atoms with Crippen molar-refractivity contribution in [2.24, 2.45) is 0 Å². The number of hydrogen-bond donors (Lipinski definition) is 1. The van der Waals surface area contributed by atoms with Crippen molar-refractivity contribution < 1.29 is 9.18 Å². The van der Waals surface area contributed by atoms with Gasteiger partial charge in [0, 0.05) is 11.6 Å². The minimum atomic E-state index is -0.261. The third-order valence-corrected chi connectivity index (χ3v) is 5.70. The van der Waals surface area contributed by atoms with Gasteiger partial charge in [0.05, 0.1) is 28.9 Å². The minimum absolute atomic E-state index is 0.132. The summed E-state index contributed by atoms with van der Waals surface area (Å²) in [6.45, 7) is 4.36. The minimum Gasteiger partial charge on any atom is -0.343 e. The zero-order valence-electron chi connectivity index (χ0n) is 15.5. The Balaban J connectivity index is 1.57. The van der Waals surface area contributed by atoms with E-state index in [0.29, 0.717) is 11.4 Å². The Morgan fingerprint density at radius 3 is 2.75 bits per heavy atom. The predicted octanol–water partition coefficient (Wildman–Crippen LogP) is 4.48. The summed E-state index contributed by atoms with van der Waals surface area (Å²) in [4.78, 5) is 18.6. The quantitative estimate of drug-likeness (QED) is 0.543. The van der Waals surface area contributed by atoms with Crippen molar-refractivity contribution in [3.63, 3.8) is 0 Å². The summed E-state index contributed by atoms with van der Waals surface area (Å²) in [6, 6.07) is 13.7. The zero-order chi connectivity index (χ0) is 19.7. The molecule has 1 aromatic carbocycles. The van der Waals surface area contributed by atoms with E-state index in [1.54, 1.807) is 18.3 Å². The number of nitrogens with one attached hydrogen (secondary N) is 1. The third-order valence-electron chi connectivity index (χ3n) is 4.56. The first-order valence-corrected chi connectivity index (χ1v) is 9.76. The second kappa shape index (κ2) is 7.52. The van der Waals surface area contributed by atoms with Crippen LogP contribution in [0.4, 0.5) is 4.39 Å². The van der Waals surface area contributed by atoms with E-state index >= 15 is 0 Å². The lowest BCUT2D eigenvalue weighted by Crippen LogP contribution is -2.26. The largest absolute Gasteiger partial charge is 0.343 e. The number of hydrogen-bond acceptors (Lipinski definition) is 4. The zero-order valence-corrected chi connectivity index (χ0v) is 16.3. The number of aryl methyl sites for hydroxylation is 1. The van der Waals surface area contributed by atoms with Crippen LogP contribution in [0.15, 0.2) is 54.7 Å². The summed E-state index contributed by atoms with van der Waals surface area (Å²) < 4.78 is 15.0. The highest BCUT2D eigenvalue weighted by molar-refractivity contribution is 7.20. The molecular weight excluding hydrogens is 375 g/mol. The van der Waals surface area contributed by atoms with Crippen molar-refractivity contribution in [2.45, 2.75) is 26.4 Å². The number of fused-ring (bicyclic) bond motifs is 1. The number of rotatable bonds is 5. The first kappa shape index (κ1) is 18.3. The lowest BCUT2D eigenvalue weighted by molar-refractivity contribution is 0.0943. The molecule has 0 aliphatic carbocycles. The maximum absolute atomic E-state index is 13.1. The van der Waals surface area contributed by atoms with Gasteiger partial charge in [-0.25, -0.2) is 4.39 Å². The number of pyridine rings is 1. The fourth-order valence-electron chi connectivity index (χ4n) is 3.07. The van der Waals surface area contributed by atoms with Crippen LogP contribution in [0.1, 0.15) is 39.6 Å². The molecule has 4 aromatic rings. The SMILES string of the molecule is Cc1nn(Cc2ccc(F)cc2)c2sc(C(=O)N[C@@H](C)c3ccccn3)cc12. The first-order chi connectivity index (χ1) is 13.5. The average Bonchev–Trinajstić information content (AvgIpc) is 3.26. The monoisotopic (exact) mass is 394 g/mol. The van der Waals surface area contributed by atoms with Gasteiger partial charge in [0.2, 0.25) is 0 Å². The van der Waals surface area contributed by atoms with E-state index in [0.717, 1.165) is 27.2 Å². The molecule has 3 heterocycles. The molecule has 4 rings (SSSR count). The lowest BCUT2D eigenvalue weighted by atomic mass is 10.2. The summed E-state index contributed by atoms with van der Waals surface area (Å²) in [5.74, 6) is -0.394. The molecule has 0 fully saturated rings.